The third kappa shape index (κ3) is 3.03. The van der Waals surface area contributed by atoms with Crippen molar-refractivity contribution in [1.29, 1.82) is 0 Å². The van der Waals surface area contributed by atoms with Gasteiger partial charge < -0.3 is 15.0 Å². The van der Waals surface area contributed by atoms with Gasteiger partial charge in [0.1, 0.15) is 12.4 Å². The molecule has 1 aliphatic heterocycles. The second kappa shape index (κ2) is 5.67. The summed E-state index contributed by atoms with van der Waals surface area (Å²) in [5, 5.41) is 4.37. The number of nitrogens with one attached hydrogen (secondary N) is 2. The summed E-state index contributed by atoms with van der Waals surface area (Å²) < 4.78 is 5.86. The van der Waals surface area contributed by atoms with Crippen molar-refractivity contribution in [2.75, 3.05) is 13.1 Å². The summed E-state index contributed by atoms with van der Waals surface area (Å²) in [6, 6.07) is 3.56. The highest BCUT2D eigenvalue weighted by atomic mass is 35.5. The van der Waals surface area contributed by atoms with Crippen LogP contribution in [0.2, 0.25) is 10.0 Å². The Morgan fingerprint density at radius 2 is 1.95 bits per heavy atom. The van der Waals surface area contributed by atoms with Gasteiger partial charge in [-0.15, -0.1) is 0 Å². The Morgan fingerprint density at radius 3 is 2.74 bits per heavy atom. The summed E-state index contributed by atoms with van der Waals surface area (Å²) in [5.74, 6) is 0.812. The fourth-order valence-corrected chi connectivity index (χ4v) is 2.61. The number of rotatable bonds is 3. The van der Waals surface area contributed by atoms with Crippen LogP contribution in [-0.4, -0.2) is 29.2 Å². The lowest BCUT2D eigenvalue weighted by atomic mass is 10.1. The lowest BCUT2D eigenvalue weighted by Gasteiger charge is -2.22. The maximum atomic E-state index is 5.98. The van der Waals surface area contributed by atoms with Crippen LogP contribution in [0.4, 0.5) is 0 Å². The van der Waals surface area contributed by atoms with Crippen molar-refractivity contribution in [2.24, 2.45) is 0 Å². The van der Waals surface area contributed by atoms with Crippen LogP contribution in [0.5, 0.6) is 0 Å². The van der Waals surface area contributed by atoms with Crippen LogP contribution in [0, 0.1) is 0 Å². The average Bonchev–Trinajstić information content (AvgIpc) is 2.80. The first kappa shape index (κ1) is 13.2. The number of ether oxygens (including phenoxy) is 1. The zero-order valence-electron chi connectivity index (χ0n) is 10.4. The van der Waals surface area contributed by atoms with Crippen molar-refractivity contribution in [2.45, 2.75) is 25.6 Å². The lowest BCUT2D eigenvalue weighted by Crippen LogP contribution is -2.32. The van der Waals surface area contributed by atoms with E-state index in [9.17, 15) is 0 Å². The van der Waals surface area contributed by atoms with E-state index in [1.807, 2.05) is 0 Å². The standard InChI is InChI=1S/C13H15Cl2N3O/c14-9-5-11-12(6-10(9)15)18-13(17-11)7-19-8-1-3-16-4-2-8/h5-6,8,16H,1-4,7H2,(H,17,18). The van der Waals surface area contributed by atoms with E-state index in [2.05, 4.69) is 15.3 Å². The number of halogens is 2. The number of H-pyrrole nitrogens is 1. The number of hydrogen-bond acceptors (Lipinski definition) is 3. The Hall–Kier alpha value is -0.810. The number of benzene rings is 1. The third-order valence-electron chi connectivity index (χ3n) is 3.31. The molecule has 2 heterocycles. The molecule has 1 saturated heterocycles. The molecule has 1 aromatic heterocycles. The van der Waals surface area contributed by atoms with Gasteiger partial charge in [-0.25, -0.2) is 4.98 Å². The molecule has 0 radical (unpaired) electrons. The first-order valence-electron chi connectivity index (χ1n) is 6.38. The number of aromatic amines is 1. The minimum atomic E-state index is 0.321. The predicted molar refractivity (Wildman–Crippen MR) is 76.8 cm³/mol. The summed E-state index contributed by atoms with van der Waals surface area (Å²) >= 11 is 11.9. The zero-order chi connectivity index (χ0) is 13.2. The molecule has 0 unspecified atom stereocenters. The number of aromatic nitrogens is 2. The number of nitrogens with zero attached hydrogens (tertiary/aromatic N) is 1. The smallest absolute Gasteiger partial charge is 0.133 e. The van der Waals surface area contributed by atoms with Gasteiger partial charge in [0.25, 0.3) is 0 Å². The second-order valence-electron chi connectivity index (χ2n) is 4.73. The Balaban J connectivity index is 1.70. The summed E-state index contributed by atoms with van der Waals surface area (Å²) in [4.78, 5) is 7.67. The topological polar surface area (TPSA) is 49.9 Å². The summed E-state index contributed by atoms with van der Waals surface area (Å²) in [7, 11) is 0. The number of imidazole rings is 1. The molecule has 4 nitrogen and oxygen atoms in total. The first-order valence-corrected chi connectivity index (χ1v) is 7.14. The monoisotopic (exact) mass is 299 g/mol. The van der Waals surface area contributed by atoms with Crippen molar-refractivity contribution in [3.8, 4) is 0 Å². The van der Waals surface area contributed by atoms with Crippen LogP contribution in [0.1, 0.15) is 18.7 Å². The third-order valence-corrected chi connectivity index (χ3v) is 4.04. The van der Waals surface area contributed by atoms with Crippen LogP contribution in [0.15, 0.2) is 12.1 Å². The van der Waals surface area contributed by atoms with Crippen LogP contribution in [0.25, 0.3) is 11.0 Å². The van der Waals surface area contributed by atoms with E-state index in [4.69, 9.17) is 27.9 Å². The number of piperidine rings is 1. The van der Waals surface area contributed by atoms with Gasteiger partial charge in [0.2, 0.25) is 0 Å². The lowest BCUT2D eigenvalue weighted by molar-refractivity contribution is 0.0182. The van der Waals surface area contributed by atoms with Gasteiger partial charge in [-0.2, -0.15) is 0 Å². The molecule has 0 amide bonds. The zero-order valence-corrected chi connectivity index (χ0v) is 11.9. The fraction of sp³-hybridized carbons (Fsp3) is 0.462. The number of hydrogen-bond donors (Lipinski definition) is 2. The van der Waals surface area contributed by atoms with Gasteiger partial charge in [-0.3, -0.25) is 0 Å². The van der Waals surface area contributed by atoms with Gasteiger partial charge in [0.05, 0.1) is 27.2 Å². The Bertz CT molecular complexity index is 540. The quantitative estimate of drug-likeness (QED) is 0.915. The van der Waals surface area contributed by atoms with E-state index in [0.29, 0.717) is 22.8 Å². The molecular formula is C13H15Cl2N3O. The van der Waals surface area contributed by atoms with Crippen molar-refractivity contribution < 1.29 is 4.74 Å². The van der Waals surface area contributed by atoms with E-state index < -0.39 is 0 Å². The van der Waals surface area contributed by atoms with Gasteiger partial charge >= 0.3 is 0 Å². The first-order chi connectivity index (χ1) is 9.22. The molecule has 0 aliphatic carbocycles. The highest BCUT2D eigenvalue weighted by molar-refractivity contribution is 6.42. The molecular weight excluding hydrogens is 285 g/mol. The molecule has 2 aromatic rings. The van der Waals surface area contributed by atoms with Gasteiger partial charge in [0, 0.05) is 0 Å². The highest BCUT2D eigenvalue weighted by Crippen LogP contribution is 2.26. The molecule has 1 aromatic carbocycles. The van der Waals surface area contributed by atoms with Gasteiger partial charge in [0.15, 0.2) is 0 Å². The molecule has 1 fully saturated rings. The van der Waals surface area contributed by atoms with E-state index in [-0.39, 0.29) is 0 Å². The maximum absolute atomic E-state index is 5.98. The van der Waals surface area contributed by atoms with E-state index in [1.54, 1.807) is 12.1 Å². The molecule has 2 N–H and O–H groups in total. The van der Waals surface area contributed by atoms with E-state index >= 15 is 0 Å². The highest BCUT2D eigenvalue weighted by Gasteiger charge is 2.14. The van der Waals surface area contributed by atoms with Gasteiger partial charge in [-0.1, -0.05) is 23.2 Å². The maximum Gasteiger partial charge on any atom is 0.133 e. The van der Waals surface area contributed by atoms with E-state index in [0.717, 1.165) is 42.8 Å². The molecule has 1 aliphatic rings. The number of fused-ring (bicyclic) bond motifs is 1. The SMILES string of the molecule is Clc1cc2nc(COC3CCNCC3)[nH]c2cc1Cl. The summed E-state index contributed by atoms with van der Waals surface area (Å²) in [5.41, 5.74) is 1.71. The minimum absolute atomic E-state index is 0.321. The van der Waals surface area contributed by atoms with Crippen molar-refractivity contribution in [3.05, 3.63) is 28.0 Å². The summed E-state index contributed by atoms with van der Waals surface area (Å²) in [6.45, 7) is 2.54. The van der Waals surface area contributed by atoms with Crippen molar-refractivity contribution in [3.63, 3.8) is 0 Å². The van der Waals surface area contributed by atoms with Crippen molar-refractivity contribution >= 4 is 34.2 Å². The second-order valence-corrected chi connectivity index (χ2v) is 5.54. The van der Waals surface area contributed by atoms with Crippen LogP contribution >= 0.6 is 23.2 Å². The molecule has 6 heteroatoms. The Labute approximate surface area is 121 Å². The molecule has 3 rings (SSSR count). The van der Waals surface area contributed by atoms with Crippen molar-refractivity contribution in [1.82, 2.24) is 15.3 Å². The normalized spacial score (nSPS) is 17.2. The molecule has 0 atom stereocenters. The molecule has 0 bridgehead atoms. The average molecular weight is 300 g/mol. The molecule has 0 saturated carbocycles. The van der Waals surface area contributed by atoms with Crippen LogP contribution in [-0.2, 0) is 11.3 Å². The van der Waals surface area contributed by atoms with Crippen LogP contribution in [0.3, 0.4) is 0 Å². The molecule has 19 heavy (non-hydrogen) atoms. The Morgan fingerprint density at radius 1 is 1.21 bits per heavy atom. The van der Waals surface area contributed by atoms with Gasteiger partial charge in [-0.05, 0) is 38.1 Å². The van der Waals surface area contributed by atoms with Crippen LogP contribution < -0.4 is 5.32 Å². The molecule has 102 valence electrons. The molecule has 0 spiro atoms. The minimum Gasteiger partial charge on any atom is -0.370 e. The predicted octanol–water partition coefficient (Wildman–Crippen LogP) is 3.14. The Kier molecular flexibility index (Phi) is 3.93. The van der Waals surface area contributed by atoms with E-state index in [1.165, 1.54) is 0 Å². The summed E-state index contributed by atoms with van der Waals surface area (Å²) in [6.07, 6.45) is 2.43. The largest absolute Gasteiger partial charge is 0.370 e. The fourth-order valence-electron chi connectivity index (χ4n) is 2.29.